The second-order valence-corrected chi connectivity index (χ2v) is 4.19. The van der Waals surface area contributed by atoms with Gasteiger partial charge in [-0.25, -0.2) is 0 Å². The Labute approximate surface area is 104 Å². The van der Waals surface area contributed by atoms with E-state index in [1.807, 2.05) is 6.07 Å². The maximum absolute atomic E-state index is 12.2. The van der Waals surface area contributed by atoms with E-state index in [4.69, 9.17) is 4.42 Å². The normalized spacial score (nSPS) is 15.9. The second kappa shape index (κ2) is 4.66. The number of H-pyrrole nitrogens is 1. The van der Waals surface area contributed by atoms with Crippen molar-refractivity contribution in [1.82, 2.24) is 20.4 Å². The molecule has 0 bridgehead atoms. The second-order valence-electron chi connectivity index (χ2n) is 4.19. The summed E-state index contributed by atoms with van der Waals surface area (Å²) in [6.45, 7) is 3.12. The van der Waals surface area contributed by atoms with Crippen molar-refractivity contribution >= 4 is 5.91 Å². The van der Waals surface area contributed by atoms with Crippen LogP contribution in [0.4, 0.5) is 0 Å². The van der Waals surface area contributed by atoms with E-state index in [0.29, 0.717) is 11.5 Å². The number of furan rings is 1. The number of hydrogen-bond donors (Lipinski definition) is 2. The van der Waals surface area contributed by atoms with Gasteiger partial charge in [0, 0.05) is 32.2 Å². The number of amides is 1. The van der Waals surface area contributed by atoms with Gasteiger partial charge in [0.25, 0.3) is 5.91 Å². The minimum Gasteiger partial charge on any atom is -0.463 e. The third-order valence-corrected chi connectivity index (χ3v) is 2.99. The van der Waals surface area contributed by atoms with Crippen LogP contribution in [0.3, 0.4) is 0 Å². The van der Waals surface area contributed by atoms with Crippen molar-refractivity contribution < 1.29 is 9.21 Å². The molecule has 1 amide bonds. The number of carbonyl (C=O) groups is 1. The average molecular weight is 246 g/mol. The van der Waals surface area contributed by atoms with Gasteiger partial charge in [-0.2, -0.15) is 5.10 Å². The number of aromatic amines is 1. The van der Waals surface area contributed by atoms with E-state index in [1.54, 1.807) is 23.3 Å². The first-order chi connectivity index (χ1) is 8.84. The number of rotatable bonds is 2. The van der Waals surface area contributed by atoms with Gasteiger partial charge in [-0.1, -0.05) is 0 Å². The Balaban J connectivity index is 1.78. The van der Waals surface area contributed by atoms with Gasteiger partial charge in [-0.15, -0.1) is 0 Å². The van der Waals surface area contributed by atoms with E-state index >= 15 is 0 Å². The third-order valence-electron chi connectivity index (χ3n) is 2.99. The first kappa shape index (κ1) is 11.0. The molecule has 0 spiro atoms. The molecule has 2 aromatic rings. The first-order valence-electron chi connectivity index (χ1n) is 5.94. The largest absolute Gasteiger partial charge is 0.463 e. The Bertz CT molecular complexity index is 526. The van der Waals surface area contributed by atoms with Gasteiger partial charge in [0.05, 0.1) is 6.26 Å². The topological polar surface area (TPSA) is 74.2 Å². The molecule has 3 rings (SSSR count). The first-order valence-corrected chi connectivity index (χ1v) is 5.94. The third kappa shape index (κ3) is 2.02. The Kier molecular flexibility index (Phi) is 2.85. The zero-order valence-electron chi connectivity index (χ0n) is 9.85. The van der Waals surface area contributed by atoms with Crippen LogP contribution in [0.2, 0.25) is 0 Å². The lowest BCUT2D eigenvalue weighted by Crippen LogP contribution is -2.46. The fourth-order valence-electron chi connectivity index (χ4n) is 2.02. The van der Waals surface area contributed by atoms with Crippen molar-refractivity contribution in [2.24, 2.45) is 0 Å². The quantitative estimate of drug-likeness (QED) is 0.818. The van der Waals surface area contributed by atoms with Crippen molar-refractivity contribution in [1.29, 1.82) is 0 Å². The minimum absolute atomic E-state index is 0.0365. The van der Waals surface area contributed by atoms with Crippen LogP contribution in [-0.2, 0) is 0 Å². The van der Waals surface area contributed by atoms with Gasteiger partial charge < -0.3 is 14.6 Å². The van der Waals surface area contributed by atoms with Gasteiger partial charge in [-0.3, -0.25) is 9.89 Å². The molecular weight excluding hydrogens is 232 g/mol. The molecule has 3 heterocycles. The van der Waals surface area contributed by atoms with Crippen LogP contribution >= 0.6 is 0 Å². The highest BCUT2D eigenvalue weighted by atomic mass is 16.3. The van der Waals surface area contributed by atoms with Gasteiger partial charge in [-0.05, 0) is 12.1 Å². The standard InChI is InChI=1S/C12H14N4O2/c17-12(16-5-3-13-4-6-16)10-8-9(14-15-10)11-2-1-7-18-11/h1-2,7-8,13H,3-6H2,(H,14,15). The molecule has 0 radical (unpaired) electrons. The molecule has 2 N–H and O–H groups in total. The molecule has 1 fully saturated rings. The SMILES string of the molecule is O=C(c1cc(-c2ccco2)[nH]n1)N1CCNCC1. The van der Waals surface area contributed by atoms with Crippen molar-refractivity contribution in [3.63, 3.8) is 0 Å². The van der Waals surface area contributed by atoms with E-state index in [-0.39, 0.29) is 5.91 Å². The maximum atomic E-state index is 12.2. The van der Waals surface area contributed by atoms with Gasteiger partial charge >= 0.3 is 0 Å². The van der Waals surface area contributed by atoms with Crippen LogP contribution < -0.4 is 5.32 Å². The highest BCUT2D eigenvalue weighted by molar-refractivity contribution is 5.93. The molecule has 0 aliphatic carbocycles. The predicted molar refractivity (Wildman–Crippen MR) is 65.1 cm³/mol. The molecule has 0 unspecified atom stereocenters. The van der Waals surface area contributed by atoms with E-state index in [1.165, 1.54) is 0 Å². The Morgan fingerprint density at radius 3 is 2.94 bits per heavy atom. The van der Waals surface area contributed by atoms with Crippen LogP contribution in [0.15, 0.2) is 28.9 Å². The molecule has 6 heteroatoms. The lowest BCUT2D eigenvalue weighted by Gasteiger charge is -2.26. The summed E-state index contributed by atoms with van der Waals surface area (Å²) < 4.78 is 5.25. The number of hydrogen-bond acceptors (Lipinski definition) is 4. The van der Waals surface area contributed by atoms with Crippen molar-refractivity contribution in [3.8, 4) is 11.5 Å². The number of nitrogens with zero attached hydrogens (tertiary/aromatic N) is 2. The summed E-state index contributed by atoms with van der Waals surface area (Å²) in [7, 11) is 0. The highest BCUT2D eigenvalue weighted by Crippen LogP contribution is 2.18. The molecule has 0 saturated carbocycles. The number of aromatic nitrogens is 2. The molecule has 1 aliphatic rings. The molecule has 18 heavy (non-hydrogen) atoms. The minimum atomic E-state index is -0.0365. The Hall–Kier alpha value is -2.08. The van der Waals surface area contributed by atoms with Crippen LogP contribution in [0.5, 0.6) is 0 Å². The van der Waals surface area contributed by atoms with Crippen molar-refractivity contribution in [2.45, 2.75) is 0 Å². The van der Waals surface area contributed by atoms with Gasteiger partial charge in [0.15, 0.2) is 11.5 Å². The number of nitrogens with one attached hydrogen (secondary N) is 2. The molecule has 6 nitrogen and oxygen atoms in total. The zero-order chi connectivity index (χ0) is 12.4. The lowest BCUT2D eigenvalue weighted by atomic mass is 10.2. The molecular formula is C12H14N4O2. The van der Waals surface area contributed by atoms with Crippen molar-refractivity contribution in [2.75, 3.05) is 26.2 Å². The van der Waals surface area contributed by atoms with E-state index in [2.05, 4.69) is 15.5 Å². The van der Waals surface area contributed by atoms with Crippen molar-refractivity contribution in [3.05, 3.63) is 30.2 Å². The zero-order valence-corrected chi connectivity index (χ0v) is 9.85. The summed E-state index contributed by atoms with van der Waals surface area (Å²) >= 11 is 0. The molecule has 0 atom stereocenters. The van der Waals surface area contributed by atoms with E-state index in [0.717, 1.165) is 31.9 Å². The fourth-order valence-corrected chi connectivity index (χ4v) is 2.02. The molecule has 1 aliphatic heterocycles. The predicted octanol–water partition coefficient (Wildman–Crippen LogP) is 0.715. The summed E-state index contributed by atoms with van der Waals surface area (Å²) in [5.74, 6) is 0.646. The number of carbonyl (C=O) groups excluding carboxylic acids is 1. The average Bonchev–Trinajstić information content (AvgIpc) is 3.09. The maximum Gasteiger partial charge on any atom is 0.274 e. The Morgan fingerprint density at radius 1 is 1.39 bits per heavy atom. The molecule has 2 aromatic heterocycles. The molecule has 94 valence electrons. The fraction of sp³-hybridized carbons (Fsp3) is 0.333. The van der Waals surface area contributed by atoms with Gasteiger partial charge in [0.2, 0.25) is 0 Å². The summed E-state index contributed by atoms with van der Waals surface area (Å²) in [6.07, 6.45) is 1.59. The van der Waals surface area contributed by atoms with E-state index in [9.17, 15) is 4.79 Å². The van der Waals surface area contributed by atoms with Gasteiger partial charge in [0.1, 0.15) is 5.69 Å². The van der Waals surface area contributed by atoms with E-state index < -0.39 is 0 Å². The highest BCUT2D eigenvalue weighted by Gasteiger charge is 2.20. The molecule has 0 aromatic carbocycles. The monoisotopic (exact) mass is 246 g/mol. The lowest BCUT2D eigenvalue weighted by molar-refractivity contribution is 0.0730. The molecule has 1 saturated heterocycles. The summed E-state index contributed by atoms with van der Waals surface area (Å²) in [5.41, 5.74) is 1.15. The van der Waals surface area contributed by atoms with Crippen LogP contribution in [-0.4, -0.2) is 47.2 Å². The number of piperazine rings is 1. The summed E-state index contributed by atoms with van der Waals surface area (Å²) in [4.78, 5) is 14.0. The smallest absolute Gasteiger partial charge is 0.274 e. The Morgan fingerprint density at radius 2 is 2.22 bits per heavy atom. The summed E-state index contributed by atoms with van der Waals surface area (Å²) in [6, 6.07) is 5.35. The summed E-state index contributed by atoms with van der Waals surface area (Å²) in [5, 5.41) is 10.1. The van der Waals surface area contributed by atoms with Crippen LogP contribution in [0, 0.1) is 0 Å². The van der Waals surface area contributed by atoms with Crippen LogP contribution in [0.25, 0.3) is 11.5 Å². The van der Waals surface area contributed by atoms with Crippen LogP contribution in [0.1, 0.15) is 10.5 Å².